The van der Waals surface area contributed by atoms with Gasteiger partial charge in [-0.2, -0.15) is 0 Å². The number of nitrogens with one attached hydrogen (secondary N) is 2. The average Bonchev–Trinajstić information content (AvgIpc) is 3.67. The molecule has 0 radical (unpaired) electrons. The van der Waals surface area contributed by atoms with E-state index >= 15 is 0 Å². The topological polar surface area (TPSA) is 148 Å². The summed E-state index contributed by atoms with van der Waals surface area (Å²) >= 11 is 0. The van der Waals surface area contributed by atoms with Crippen LogP contribution in [0, 0.1) is 0 Å². The first-order valence-electron chi connectivity index (χ1n) is 15.3. The predicted molar refractivity (Wildman–Crippen MR) is 163 cm³/mol. The lowest BCUT2D eigenvalue weighted by Crippen LogP contribution is -2.56. The molecule has 3 N–H and O–H groups in total. The summed E-state index contributed by atoms with van der Waals surface area (Å²) in [6.07, 6.45) is 7.66. The van der Waals surface area contributed by atoms with E-state index in [0.29, 0.717) is 43.5 Å². The molecule has 10 nitrogen and oxygen atoms in total. The van der Waals surface area contributed by atoms with Crippen molar-refractivity contribution in [3.63, 3.8) is 0 Å². The van der Waals surface area contributed by atoms with E-state index in [-0.39, 0.29) is 23.4 Å². The van der Waals surface area contributed by atoms with E-state index in [2.05, 4.69) is 10.6 Å². The minimum atomic E-state index is -1.16. The van der Waals surface area contributed by atoms with Crippen LogP contribution in [-0.2, 0) is 14.3 Å². The molecule has 0 unspecified atom stereocenters. The molecule has 0 atom stereocenters. The zero-order valence-electron chi connectivity index (χ0n) is 24.9. The Balaban J connectivity index is 0.000000175. The fourth-order valence-corrected chi connectivity index (χ4v) is 6.10. The number of ether oxygens (including phenoxy) is 1. The van der Waals surface area contributed by atoms with Gasteiger partial charge in [-0.1, -0.05) is 74.9 Å². The summed E-state index contributed by atoms with van der Waals surface area (Å²) < 4.78 is 16.3. The third kappa shape index (κ3) is 6.64. The van der Waals surface area contributed by atoms with Crippen LogP contribution >= 0.6 is 0 Å². The quantitative estimate of drug-likeness (QED) is 0.207. The second-order valence-electron chi connectivity index (χ2n) is 11.5. The number of benzene rings is 2. The lowest BCUT2D eigenvalue weighted by Gasteiger charge is -2.35. The van der Waals surface area contributed by atoms with Gasteiger partial charge in [0.05, 0.1) is 6.61 Å². The lowest BCUT2D eigenvalue weighted by atomic mass is 9.81. The van der Waals surface area contributed by atoms with Gasteiger partial charge >= 0.3 is 11.9 Å². The highest BCUT2D eigenvalue weighted by Crippen LogP contribution is 2.31. The first-order chi connectivity index (χ1) is 21.2. The molecular formula is C34H38N2O8. The fourth-order valence-electron chi connectivity index (χ4n) is 6.10. The summed E-state index contributed by atoms with van der Waals surface area (Å²) in [4.78, 5) is 48.9. The number of carboxylic acid groups (broad SMARTS) is 1. The Morgan fingerprint density at radius 3 is 1.57 bits per heavy atom. The van der Waals surface area contributed by atoms with Crippen molar-refractivity contribution in [2.45, 2.75) is 82.2 Å². The zero-order valence-corrected chi connectivity index (χ0v) is 24.9. The van der Waals surface area contributed by atoms with Crippen LogP contribution in [0.2, 0.25) is 0 Å². The van der Waals surface area contributed by atoms with Gasteiger partial charge in [0.25, 0.3) is 11.8 Å². The number of rotatable bonds is 7. The Morgan fingerprint density at radius 1 is 0.705 bits per heavy atom. The van der Waals surface area contributed by atoms with Crippen LogP contribution in [-0.4, -0.2) is 46.5 Å². The molecule has 2 aromatic heterocycles. The number of carbonyl (C=O) groups is 4. The molecule has 2 heterocycles. The molecule has 0 aliphatic heterocycles. The zero-order chi connectivity index (χ0) is 31.2. The summed E-state index contributed by atoms with van der Waals surface area (Å²) in [6, 6.07) is 18.1. The minimum absolute atomic E-state index is 0.155. The number of furan rings is 2. The number of carbonyl (C=O) groups excluding carboxylic acids is 3. The average molecular weight is 603 g/mol. The first kappa shape index (κ1) is 30.8. The van der Waals surface area contributed by atoms with Crippen LogP contribution in [0.3, 0.4) is 0 Å². The van der Waals surface area contributed by atoms with Crippen LogP contribution in [0.1, 0.15) is 92.2 Å². The van der Waals surface area contributed by atoms with Gasteiger partial charge in [-0.3, -0.25) is 9.59 Å². The van der Waals surface area contributed by atoms with Crippen LogP contribution in [0.25, 0.3) is 21.9 Å². The van der Waals surface area contributed by atoms with Crippen LogP contribution in [0.4, 0.5) is 0 Å². The van der Waals surface area contributed by atoms with E-state index < -0.39 is 23.0 Å². The number of carboxylic acids is 1. The van der Waals surface area contributed by atoms with Gasteiger partial charge < -0.3 is 29.3 Å². The highest BCUT2D eigenvalue weighted by molar-refractivity contribution is 6.00. The van der Waals surface area contributed by atoms with Crippen molar-refractivity contribution in [3.8, 4) is 0 Å². The summed E-state index contributed by atoms with van der Waals surface area (Å²) in [6.45, 7) is 2.08. The number of hydrogen-bond acceptors (Lipinski definition) is 7. The van der Waals surface area contributed by atoms with Crippen molar-refractivity contribution in [2.24, 2.45) is 0 Å². The molecule has 2 saturated carbocycles. The largest absolute Gasteiger partial charge is 0.480 e. The number of para-hydroxylation sites is 2. The molecule has 2 amide bonds. The number of aliphatic carboxylic acids is 1. The molecule has 2 aliphatic carbocycles. The Hall–Kier alpha value is -4.60. The molecule has 2 fully saturated rings. The SMILES string of the molecule is CCOC(=O)C1(NC(=O)c2cc3ccccc3o2)CCCCC1.O=C(NC1(C(=O)O)CCCCC1)c1cc2ccccc2o1. The smallest absolute Gasteiger partial charge is 0.331 e. The van der Waals surface area contributed by atoms with Gasteiger partial charge in [-0.05, 0) is 56.9 Å². The Kier molecular flexibility index (Phi) is 9.37. The van der Waals surface area contributed by atoms with Crippen molar-refractivity contribution < 1.29 is 37.9 Å². The van der Waals surface area contributed by atoms with Gasteiger partial charge in [0.15, 0.2) is 11.5 Å². The van der Waals surface area contributed by atoms with Gasteiger partial charge in [0.1, 0.15) is 22.2 Å². The van der Waals surface area contributed by atoms with E-state index in [9.17, 15) is 24.3 Å². The Labute approximate surface area is 255 Å². The summed E-state index contributed by atoms with van der Waals surface area (Å²) in [5.41, 5.74) is -0.805. The highest BCUT2D eigenvalue weighted by atomic mass is 16.5. The van der Waals surface area contributed by atoms with E-state index in [4.69, 9.17) is 13.6 Å². The molecule has 44 heavy (non-hydrogen) atoms. The van der Waals surface area contributed by atoms with Gasteiger partial charge in [0, 0.05) is 10.8 Å². The molecule has 10 heteroatoms. The van der Waals surface area contributed by atoms with Crippen molar-refractivity contribution in [3.05, 3.63) is 72.2 Å². The summed E-state index contributed by atoms with van der Waals surface area (Å²) in [5, 5.41) is 16.7. The monoisotopic (exact) mass is 602 g/mol. The van der Waals surface area contributed by atoms with E-state index in [1.165, 1.54) is 0 Å². The van der Waals surface area contributed by atoms with Crippen LogP contribution < -0.4 is 10.6 Å². The molecule has 232 valence electrons. The predicted octanol–water partition coefficient (Wildman–Crippen LogP) is 6.38. The van der Waals surface area contributed by atoms with E-state index in [0.717, 1.165) is 49.3 Å². The normalized spacial score (nSPS) is 17.2. The second kappa shape index (κ2) is 13.4. The molecule has 2 aliphatic rings. The molecule has 0 saturated heterocycles. The third-order valence-corrected chi connectivity index (χ3v) is 8.49. The number of fused-ring (bicyclic) bond motifs is 2. The third-order valence-electron chi connectivity index (χ3n) is 8.49. The fraction of sp³-hybridized carbons (Fsp3) is 0.412. The maximum absolute atomic E-state index is 12.6. The molecule has 0 spiro atoms. The maximum atomic E-state index is 12.6. The number of amides is 2. The van der Waals surface area contributed by atoms with Gasteiger partial charge in [0.2, 0.25) is 0 Å². The van der Waals surface area contributed by atoms with E-state index in [1.54, 1.807) is 25.1 Å². The summed E-state index contributed by atoms with van der Waals surface area (Å²) in [5.74, 6) is -1.76. The van der Waals surface area contributed by atoms with Crippen molar-refractivity contribution >= 4 is 45.7 Å². The van der Waals surface area contributed by atoms with Crippen molar-refractivity contribution in [1.29, 1.82) is 0 Å². The Bertz CT molecular complexity index is 1570. The molecular weight excluding hydrogens is 564 g/mol. The van der Waals surface area contributed by atoms with Crippen LogP contribution in [0.5, 0.6) is 0 Å². The minimum Gasteiger partial charge on any atom is -0.480 e. The molecule has 0 bridgehead atoms. The molecule has 6 rings (SSSR count). The summed E-state index contributed by atoms with van der Waals surface area (Å²) in [7, 11) is 0. The molecule has 2 aromatic carbocycles. The lowest BCUT2D eigenvalue weighted by molar-refractivity contribution is -0.152. The molecule has 4 aromatic rings. The number of hydrogen-bond donors (Lipinski definition) is 3. The standard InChI is InChI=1S/C18H21NO4.C16H17NO4/c1-2-22-17(21)18(10-6-3-7-11-18)19-16(20)15-12-13-8-4-5-9-14(13)23-15;18-14(13-10-11-6-2-3-7-12(11)21-13)17-16(15(19)20)8-4-1-5-9-16/h4-5,8-9,12H,2-3,6-7,10-11H2,1H3,(H,19,20);2-3,6-7,10H,1,4-5,8-9H2,(H,17,18)(H,19,20). The van der Waals surface area contributed by atoms with E-state index in [1.807, 2.05) is 42.5 Å². The van der Waals surface area contributed by atoms with Crippen molar-refractivity contribution in [2.75, 3.05) is 6.61 Å². The highest BCUT2D eigenvalue weighted by Gasteiger charge is 2.43. The second-order valence-corrected chi connectivity index (χ2v) is 11.5. The van der Waals surface area contributed by atoms with Gasteiger partial charge in [-0.15, -0.1) is 0 Å². The Morgan fingerprint density at radius 2 is 1.14 bits per heavy atom. The first-order valence-corrected chi connectivity index (χ1v) is 15.3. The maximum Gasteiger partial charge on any atom is 0.331 e. The van der Waals surface area contributed by atoms with Gasteiger partial charge in [-0.25, -0.2) is 9.59 Å². The van der Waals surface area contributed by atoms with Crippen LogP contribution in [0.15, 0.2) is 69.5 Å². The van der Waals surface area contributed by atoms with Crippen molar-refractivity contribution in [1.82, 2.24) is 10.6 Å². The number of esters is 1.